The molecule has 1 amide bonds. The average molecular weight is 441 g/mol. The van der Waals surface area contributed by atoms with E-state index in [4.69, 9.17) is 10.5 Å². The fourth-order valence-corrected chi connectivity index (χ4v) is 4.60. The van der Waals surface area contributed by atoms with Gasteiger partial charge in [0.15, 0.2) is 0 Å². The first-order chi connectivity index (χ1) is 15.3. The number of Topliss-reactive ketones (excluding diaryl/α,β-unsaturated/α-hetero) is 1. The quantitative estimate of drug-likeness (QED) is 0.588. The maximum absolute atomic E-state index is 13.3. The lowest BCUT2D eigenvalue weighted by atomic mass is 9.69. The summed E-state index contributed by atoms with van der Waals surface area (Å²) in [5.41, 5.74) is 6.09. The van der Waals surface area contributed by atoms with Crippen LogP contribution in [0.15, 0.2) is 42.5 Å². The topological polar surface area (TPSA) is 110 Å². The van der Waals surface area contributed by atoms with E-state index in [1.54, 1.807) is 11.8 Å². The number of amides is 1. The van der Waals surface area contributed by atoms with Crippen LogP contribution in [0.1, 0.15) is 38.2 Å². The van der Waals surface area contributed by atoms with Crippen molar-refractivity contribution in [1.29, 1.82) is 0 Å². The van der Waals surface area contributed by atoms with E-state index < -0.39 is 17.4 Å². The minimum Gasteiger partial charge on any atom is -0.480 e. The number of ether oxygens (including phenoxy) is 1. The predicted molar refractivity (Wildman–Crippen MR) is 122 cm³/mol. The van der Waals surface area contributed by atoms with Gasteiger partial charge in [-0.25, -0.2) is 0 Å². The number of aliphatic carboxylic acids is 1. The molecule has 1 unspecified atom stereocenters. The second kappa shape index (κ2) is 10.7. The molecule has 0 saturated carbocycles. The maximum Gasteiger partial charge on any atom is 0.320 e. The van der Waals surface area contributed by atoms with E-state index in [2.05, 4.69) is 0 Å². The first kappa shape index (κ1) is 23.9. The lowest BCUT2D eigenvalue weighted by Crippen LogP contribution is -2.46. The van der Waals surface area contributed by atoms with Crippen LogP contribution in [0.3, 0.4) is 0 Å². The van der Waals surface area contributed by atoms with Crippen molar-refractivity contribution in [2.24, 2.45) is 11.1 Å². The normalized spacial score (nSPS) is 17.0. The lowest BCUT2D eigenvalue weighted by molar-refractivity contribution is -0.143. The highest BCUT2D eigenvalue weighted by molar-refractivity contribution is 5.86. The average Bonchev–Trinajstić information content (AvgIpc) is 2.79. The Morgan fingerprint density at radius 2 is 1.78 bits per heavy atom. The number of benzene rings is 2. The number of nitrogens with zero attached hydrogens (tertiary/aromatic N) is 1. The van der Waals surface area contributed by atoms with Gasteiger partial charge in [0.1, 0.15) is 11.8 Å². The number of hydrogen-bond acceptors (Lipinski definition) is 5. The number of rotatable bonds is 10. The van der Waals surface area contributed by atoms with Gasteiger partial charge < -0.3 is 20.5 Å². The molecule has 3 N–H and O–H groups in total. The summed E-state index contributed by atoms with van der Waals surface area (Å²) in [6, 6.07) is 12.7. The number of nitrogens with two attached hydrogens (primary N) is 1. The number of carbonyl (C=O) groups is 3. The van der Waals surface area contributed by atoms with Crippen molar-refractivity contribution in [1.82, 2.24) is 4.90 Å². The summed E-state index contributed by atoms with van der Waals surface area (Å²) in [7, 11) is 0. The van der Waals surface area contributed by atoms with Crippen LogP contribution >= 0.6 is 0 Å². The Labute approximate surface area is 188 Å². The molecule has 32 heavy (non-hydrogen) atoms. The fraction of sp³-hybridized carbons (Fsp3) is 0.480. The van der Waals surface area contributed by atoms with Crippen molar-refractivity contribution in [2.45, 2.75) is 45.1 Å². The summed E-state index contributed by atoms with van der Waals surface area (Å²) < 4.78 is 5.36. The molecule has 1 aliphatic heterocycles. The van der Waals surface area contributed by atoms with Crippen LogP contribution in [0.5, 0.6) is 0 Å². The van der Waals surface area contributed by atoms with Gasteiger partial charge in [-0.3, -0.25) is 14.4 Å². The van der Waals surface area contributed by atoms with Gasteiger partial charge in [0, 0.05) is 32.4 Å². The number of ketones is 1. The second-order valence-corrected chi connectivity index (χ2v) is 8.70. The van der Waals surface area contributed by atoms with Gasteiger partial charge in [-0.15, -0.1) is 0 Å². The van der Waals surface area contributed by atoms with E-state index >= 15 is 0 Å². The molecule has 2 atom stereocenters. The molecular weight excluding hydrogens is 408 g/mol. The SMILES string of the molecule is CCC(=O)CC(CC(=O)N1CCOCC1)(Cc1cccc2ccccc12)C[C@H](N)C(=O)O. The summed E-state index contributed by atoms with van der Waals surface area (Å²) in [5, 5.41) is 11.6. The third kappa shape index (κ3) is 5.93. The van der Waals surface area contributed by atoms with Gasteiger partial charge in [-0.1, -0.05) is 49.4 Å². The van der Waals surface area contributed by atoms with Crippen LogP contribution in [0, 0.1) is 5.41 Å². The predicted octanol–water partition coefficient (Wildman–Crippen LogP) is 2.79. The van der Waals surface area contributed by atoms with Gasteiger partial charge in [0.05, 0.1) is 13.2 Å². The number of hydrogen-bond donors (Lipinski definition) is 2. The first-order valence-corrected chi connectivity index (χ1v) is 11.2. The minimum absolute atomic E-state index is 0.00222. The van der Waals surface area contributed by atoms with E-state index in [0.717, 1.165) is 16.3 Å². The number of carboxylic acids is 1. The molecule has 7 nitrogen and oxygen atoms in total. The summed E-state index contributed by atoms with van der Waals surface area (Å²) in [5.74, 6) is -1.22. The van der Waals surface area contributed by atoms with Crippen molar-refractivity contribution >= 4 is 28.4 Å². The van der Waals surface area contributed by atoms with E-state index in [1.807, 2.05) is 42.5 Å². The van der Waals surface area contributed by atoms with Gasteiger partial charge in [0.25, 0.3) is 0 Å². The van der Waals surface area contributed by atoms with Crippen molar-refractivity contribution in [2.75, 3.05) is 26.3 Å². The molecular formula is C25H32N2O5. The van der Waals surface area contributed by atoms with E-state index in [9.17, 15) is 19.5 Å². The van der Waals surface area contributed by atoms with Gasteiger partial charge in [-0.2, -0.15) is 0 Å². The van der Waals surface area contributed by atoms with Crippen LogP contribution < -0.4 is 5.73 Å². The third-order valence-electron chi connectivity index (χ3n) is 6.27. The fourth-order valence-electron chi connectivity index (χ4n) is 4.60. The molecule has 1 heterocycles. The smallest absolute Gasteiger partial charge is 0.320 e. The van der Waals surface area contributed by atoms with Crippen molar-refractivity contribution < 1.29 is 24.2 Å². The van der Waals surface area contributed by atoms with Crippen LogP contribution in [0.25, 0.3) is 10.8 Å². The van der Waals surface area contributed by atoms with E-state index in [0.29, 0.717) is 39.1 Å². The molecule has 1 aliphatic rings. The zero-order chi connectivity index (χ0) is 23.1. The molecule has 0 bridgehead atoms. The van der Waals surface area contributed by atoms with Crippen molar-refractivity contribution in [3.63, 3.8) is 0 Å². The van der Waals surface area contributed by atoms with Crippen molar-refractivity contribution in [3.05, 3.63) is 48.0 Å². The molecule has 172 valence electrons. The van der Waals surface area contributed by atoms with Crippen LogP contribution in [0.2, 0.25) is 0 Å². The second-order valence-electron chi connectivity index (χ2n) is 8.70. The van der Waals surface area contributed by atoms with E-state index in [1.165, 1.54) is 0 Å². The Morgan fingerprint density at radius 1 is 1.09 bits per heavy atom. The summed E-state index contributed by atoms with van der Waals surface area (Å²) in [6.45, 7) is 3.73. The van der Waals surface area contributed by atoms with Gasteiger partial charge >= 0.3 is 5.97 Å². The number of fused-ring (bicyclic) bond motifs is 1. The monoisotopic (exact) mass is 440 g/mol. The maximum atomic E-state index is 13.3. The largest absolute Gasteiger partial charge is 0.480 e. The minimum atomic E-state index is -1.16. The molecule has 7 heteroatoms. The molecule has 0 spiro atoms. The zero-order valence-corrected chi connectivity index (χ0v) is 18.6. The van der Waals surface area contributed by atoms with Gasteiger partial charge in [0.2, 0.25) is 5.91 Å². The highest BCUT2D eigenvalue weighted by atomic mass is 16.5. The van der Waals surface area contributed by atoms with Crippen LogP contribution in [-0.2, 0) is 25.5 Å². The van der Waals surface area contributed by atoms with Crippen LogP contribution in [-0.4, -0.2) is 60.0 Å². The molecule has 2 aromatic carbocycles. The standard InChI is InChI=1S/C25H32N2O5/c1-2-20(28)15-25(16-22(26)24(30)31,17-23(29)27-10-12-32-13-11-27)14-19-8-5-7-18-6-3-4-9-21(18)19/h3-9,22H,2,10-17,26H2,1H3,(H,30,31)/t22-,25?/m0/s1. The lowest BCUT2D eigenvalue weighted by Gasteiger charge is -2.37. The third-order valence-corrected chi connectivity index (χ3v) is 6.27. The number of carboxylic acid groups (broad SMARTS) is 1. The Morgan fingerprint density at radius 3 is 2.47 bits per heavy atom. The summed E-state index contributed by atoms with van der Waals surface area (Å²) in [6.07, 6.45) is 0.961. The highest BCUT2D eigenvalue weighted by Crippen LogP contribution is 2.39. The van der Waals surface area contributed by atoms with Crippen molar-refractivity contribution in [3.8, 4) is 0 Å². The zero-order valence-electron chi connectivity index (χ0n) is 18.6. The Bertz CT molecular complexity index is 964. The molecule has 1 saturated heterocycles. The molecule has 0 aliphatic carbocycles. The Hall–Kier alpha value is -2.77. The Kier molecular flexibility index (Phi) is 7.99. The molecule has 0 aromatic heterocycles. The Balaban J connectivity index is 2.01. The summed E-state index contributed by atoms with van der Waals surface area (Å²) in [4.78, 5) is 39.3. The number of carbonyl (C=O) groups excluding carboxylic acids is 2. The first-order valence-electron chi connectivity index (χ1n) is 11.2. The van der Waals surface area contributed by atoms with E-state index in [-0.39, 0.29) is 31.0 Å². The highest BCUT2D eigenvalue weighted by Gasteiger charge is 2.39. The molecule has 3 rings (SSSR count). The van der Waals surface area contributed by atoms with Gasteiger partial charge in [-0.05, 0) is 34.6 Å². The summed E-state index contributed by atoms with van der Waals surface area (Å²) >= 11 is 0. The molecule has 1 fully saturated rings. The molecule has 2 aromatic rings. The molecule has 0 radical (unpaired) electrons. The number of morpholine rings is 1. The van der Waals surface area contributed by atoms with Crippen LogP contribution in [0.4, 0.5) is 0 Å².